The van der Waals surface area contributed by atoms with Crippen molar-refractivity contribution in [3.8, 4) is 0 Å². The minimum Gasteiger partial charge on any atom is -0.298 e. The molecule has 1 heterocycles. The molecule has 0 radical (unpaired) electrons. The molecule has 1 unspecified atom stereocenters. The van der Waals surface area contributed by atoms with Crippen molar-refractivity contribution >= 4 is 15.6 Å². The minimum absolute atomic E-state index is 0.0108. The summed E-state index contributed by atoms with van der Waals surface area (Å²) in [7, 11) is -3.25. The molecule has 0 aromatic rings. The Morgan fingerprint density at radius 3 is 2.27 bits per heavy atom. The molecule has 0 N–H and O–H groups in total. The summed E-state index contributed by atoms with van der Waals surface area (Å²) in [6, 6.07) is 0. The highest BCUT2D eigenvalue weighted by Crippen LogP contribution is 2.26. The quantitative estimate of drug-likeness (QED) is 0.538. The van der Waals surface area contributed by atoms with Crippen LogP contribution in [0.3, 0.4) is 0 Å². The molecule has 62 valence electrons. The van der Waals surface area contributed by atoms with Gasteiger partial charge >= 0.3 is 0 Å². The molecule has 4 heteroatoms. The van der Waals surface area contributed by atoms with Gasteiger partial charge in [0, 0.05) is 0 Å². The Bertz CT molecular complexity index is 313. The molecule has 0 amide bonds. The van der Waals surface area contributed by atoms with Crippen molar-refractivity contribution in [3.63, 3.8) is 0 Å². The van der Waals surface area contributed by atoms with E-state index < -0.39 is 14.6 Å². The van der Waals surface area contributed by atoms with Crippen molar-refractivity contribution in [2.45, 2.75) is 18.6 Å². The van der Waals surface area contributed by atoms with Gasteiger partial charge in [0.15, 0.2) is 15.6 Å². The lowest BCUT2D eigenvalue weighted by atomic mass is 10.1. The first-order valence-electron chi connectivity index (χ1n) is 3.31. The van der Waals surface area contributed by atoms with E-state index >= 15 is 0 Å². The number of hydrogen-bond donors (Lipinski definition) is 0. The topological polar surface area (TPSA) is 51.2 Å². The van der Waals surface area contributed by atoms with Crippen LogP contribution in [0.5, 0.6) is 0 Å². The van der Waals surface area contributed by atoms with E-state index in [2.05, 4.69) is 0 Å². The predicted octanol–water partition coefficient (Wildman–Crippen LogP) is 0.319. The van der Waals surface area contributed by atoms with Crippen LogP contribution in [0.1, 0.15) is 13.8 Å². The van der Waals surface area contributed by atoms with Crippen LogP contribution in [0.2, 0.25) is 0 Å². The number of sulfone groups is 1. The molecule has 1 rings (SSSR count). The van der Waals surface area contributed by atoms with Crippen molar-refractivity contribution < 1.29 is 13.2 Å². The fraction of sp³-hybridized carbons (Fsp3) is 0.571. The Morgan fingerprint density at radius 1 is 1.55 bits per heavy atom. The van der Waals surface area contributed by atoms with Crippen LogP contribution < -0.4 is 0 Å². The molecule has 3 nitrogen and oxygen atoms in total. The number of rotatable bonds is 1. The molecule has 1 aliphatic rings. The summed E-state index contributed by atoms with van der Waals surface area (Å²) in [5.41, 5.74) is 0. The molecule has 0 aromatic carbocycles. The average Bonchev–Trinajstić information content (AvgIpc) is 2.09. The summed E-state index contributed by atoms with van der Waals surface area (Å²) in [5, 5.41) is 0. The first kappa shape index (κ1) is 8.46. The average molecular weight is 174 g/mol. The van der Waals surface area contributed by atoms with Crippen LogP contribution in [-0.4, -0.2) is 24.7 Å². The third-order valence-corrected chi connectivity index (χ3v) is 4.44. The zero-order valence-corrected chi connectivity index (χ0v) is 7.31. The van der Waals surface area contributed by atoms with Crippen LogP contribution in [0, 0.1) is 0 Å². The summed E-state index contributed by atoms with van der Waals surface area (Å²) in [6.07, 6.45) is 2.99. The van der Waals surface area contributed by atoms with Crippen molar-refractivity contribution in [3.05, 3.63) is 12.2 Å². The lowest BCUT2D eigenvalue weighted by molar-refractivity contribution is -0.117. The second-order valence-electron chi connectivity index (χ2n) is 2.85. The summed E-state index contributed by atoms with van der Waals surface area (Å²) < 4.78 is 21.2. The van der Waals surface area contributed by atoms with Gasteiger partial charge in [-0.2, -0.15) is 0 Å². The fourth-order valence-electron chi connectivity index (χ4n) is 1.01. The summed E-state index contributed by atoms with van der Waals surface area (Å²) in [6.45, 7) is 2.74. The Kier molecular flexibility index (Phi) is 1.67. The monoisotopic (exact) mass is 174 g/mol. The van der Waals surface area contributed by atoms with E-state index in [1.54, 1.807) is 0 Å². The maximum Gasteiger partial charge on any atom is 0.169 e. The molecule has 11 heavy (non-hydrogen) atoms. The Balaban J connectivity index is 3.24. The molecule has 0 aromatic heterocycles. The Hall–Kier alpha value is -0.640. The van der Waals surface area contributed by atoms with Gasteiger partial charge in [0.1, 0.15) is 4.75 Å². The van der Waals surface area contributed by atoms with E-state index in [1.807, 2.05) is 0 Å². The molecular formula is C7H10O3S. The number of ketones is 1. The van der Waals surface area contributed by atoms with E-state index in [9.17, 15) is 13.2 Å². The summed E-state index contributed by atoms with van der Waals surface area (Å²) in [4.78, 5) is 11.0. The molecule has 1 aliphatic heterocycles. The maximum absolute atomic E-state index is 11.2. The van der Waals surface area contributed by atoms with Gasteiger partial charge in [0.05, 0.1) is 5.75 Å². The maximum atomic E-state index is 11.2. The highest BCUT2D eigenvalue weighted by molar-refractivity contribution is 7.94. The lowest BCUT2D eigenvalue weighted by Gasteiger charge is -2.16. The van der Waals surface area contributed by atoms with Gasteiger partial charge in [-0.15, -0.1) is 0 Å². The van der Waals surface area contributed by atoms with E-state index in [0.29, 0.717) is 0 Å². The summed E-state index contributed by atoms with van der Waals surface area (Å²) >= 11 is 0. The van der Waals surface area contributed by atoms with Gasteiger partial charge in [-0.3, -0.25) is 4.79 Å². The van der Waals surface area contributed by atoms with Gasteiger partial charge in [-0.05, 0) is 13.8 Å². The predicted molar refractivity (Wildman–Crippen MR) is 42.0 cm³/mol. The Labute approximate surface area is 66.0 Å². The van der Waals surface area contributed by atoms with E-state index in [4.69, 9.17) is 0 Å². The molecule has 0 saturated heterocycles. The van der Waals surface area contributed by atoms with Gasteiger partial charge in [0.25, 0.3) is 0 Å². The first-order chi connectivity index (χ1) is 4.90. The largest absolute Gasteiger partial charge is 0.298 e. The third kappa shape index (κ3) is 1.01. The van der Waals surface area contributed by atoms with E-state index in [0.717, 1.165) is 0 Å². The Morgan fingerprint density at radius 2 is 2.09 bits per heavy atom. The minimum atomic E-state index is -3.25. The SMILES string of the molecule is CC(=O)C1(C)C=CCS1(=O)=O. The lowest BCUT2D eigenvalue weighted by Crippen LogP contribution is -2.38. The van der Waals surface area contributed by atoms with E-state index in [1.165, 1.54) is 26.0 Å². The van der Waals surface area contributed by atoms with Gasteiger partial charge in [0.2, 0.25) is 0 Å². The van der Waals surface area contributed by atoms with Crippen molar-refractivity contribution in [1.82, 2.24) is 0 Å². The molecular weight excluding hydrogens is 164 g/mol. The number of Topliss-reactive ketones (excluding diaryl/α,β-unsaturated/α-hetero) is 1. The molecule has 0 spiro atoms. The number of hydrogen-bond acceptors (Lipinski definition) is 3. The fourth-order valence-corrected chi connectivity index (χ4v) is 2.45. The second-order valence-corrected chi connectivity index (χ2v) is 5.26. The van der Waals surface area contributed by atoms with Crippen molar-refractivity contribution in [2.24, 2.45) is 0 Å². The van der Waals surface area contributed by atoms with Crippen LogP contribution in [0.15, 0.2) is 12.2 Å². The second kappa shape index (κ2) is 2.17. The molecule has 0 bridgehead atoms. The standard InChI is InChI=1S/C7H10O3S/c1-6(8)7(2)4-3-5-11(7,9)10/h3-4H,5H2,1-2H3. The molecule has 0 saturated carbocycles. The van der Waals surface area contributed by atoms with Gasteiger partial charge in [-0.25, -0.2) is 8.42 Å². The van der Waals surface area contributed by atoms with Crippen LogP contribution >= 0.6 is 0 Å². The zero-order valence-electron chi connectivity index (χ0n) is 6.49. The summed E-state index contributed by atoms with van der Waals surface area (Å²) in [5.74, 6) is -0.324. The van der Waals surface area contributed by atoms with Crippen molar-refractivity contribution in [1.29, 1.82) is 0 Å². The van der Waals surface area contributed by atoms with E-state index in [-0.39, 0.29) is 11.5 Å². The normalized spacial score (nSPS) is 34.0. The van der Waals surface area contributed by atoms with Crippen LogP contribution in [0.25, 0.3) is 0 Å². The van der Waals surface area contributed by atoms with Gasteiger partial charge in [-0.1, -0.05) is 12.2 Å². The number of carbonyl (C=O) groups is 1. The first-order valence-corrected chi connectivity index (χ1v) is 4.96. The highest BCUT2D eigenvalue weighted by atomic mass is 32.2. The highest BCUT2D eigenvalue weighted by Gasteiger charge is 2.43. The van der Waals surface area contributed by atoms with Gasteiger partial charge < -0.3 is 0 Å². The zero-order chi connectivity index (χ0) is 8.70. The molecule has 0 aliphatic carbocycles. The van der Waals surface area contributed by atoms with Crippen molar-refractivity contribution in [2.75, 3.05) is 5.75 Å². The van der Waals surface area contributed by atoms with Crippen LogP contribution in [0.4, 0.5) is 0 Å². The smallest absolute Gasteiger partial charge is 0.169 e. The number of carbonyl (C=O) groups excluding carboxylic acids is 1. The molecule has 0 fully saturated rings. The van der Waals surface area contributed by atoms with Crippen LogP contribution in [-0.2, 0) is 14.6 Å². The third-order valence-electron chi connectivity index (χ3n) is 2.10. The molecule has 1 atom stereocenters.